The van der Waals surface area contributed by atoms with Crippen LogP contribution in [0.1, 0.15) is 109 Å². The average Bonchev–Trinajstić information content (AvgIpc) is 2.71. The molecule has 0 N–H and O–H groups in total. The molecule has 0 aromatic heterocycles. The third-order valence-electron chi connectivity index (χ3n) is 5.71. The van der Waals surface area contributed by atoms with Crippen LogP contribution in [0.4, 0.5) is 0 Å². The fourth-order valence-corrected chi connectivity index (χ4v) is 3.85. The molecule has 0 radical (unpaired) electrons. The van der Waals surface area contributed by atoms with Crippen LogP contribution in [0.25, 0.3) is 0 Å². The minimum Gasteiger partial charge on any atom is -0.748 e. The van der Waals surface area contributed by atoms with Crippen molar-refractivity contribution in [2.45, 2.75) is 116 Å². The fourth-order valence-electron chi connectivity index (χ4n) is 3.62. The SMILES string of the molecule is CCCCCCCCc1ccc(OCC(C)S(=O)(=O)[O-])c(CCCCCCCC)c1.[Na+]. The van der Waals surface area contributed by atoms with Gasteiger partial charge in [-0.3, -0.25) is 0 Å². The molecule has 174 valence electrons. The third-order valence-corrected chi connectivity index (χ3v) is 6.83. The van der Waals surface area contributed by atoms with Crippen LogP contribution < -0.4 is 34.3 Å². The zero-order valence-corrected chi connectivity index (χ0v) is 23.3. The van der Waals surface area contributed by atoms with Crippen LogP contribution in [0.5, 0.6) is 5.75 Å². The Bertz CT molecular complexity index is 676. The Hall–Kier alpha value is -0.0700. The summed E-state index contributed by atoms with van der Waals surface area (Å²) in [6.07, 6.45) is 17.1. The molecule has 0 saturated carbocycles. The van der Waals surface area contributed by atoms with Crippen molar-refractivity contribution in [3.8, 4) is 5.75 Å². The van der Waals surface area contributed by atoms with Gasteiger partial charge in [-0.25, -0.2) is 8.42 Å². The van der Waals surface area contributed by atoms with Crippen molar-refractivity contribution in [1.29, 1.82) is 0 Å². The summed E-state index contributed by atoms with van der Waals surface area (Å²) in [5.74, 6) is 0.728. The summed E-state index contributed by atoms with van der Waals surface area (Å²) in [4.78, 5) is 0. The van der Waals surface area contributed by atoms with Gasteiger partial charge in [0.1, 0.15) is 22.5 Å². The van der Waals surface area contributed by atoms with Crippen LogP contribution >= 0.6 is 0 Å². The normalized spacial score (nSPS) is 12.4. The van der Waals surface area contributed by atoms with Crippen LogP contribution in [0, 0.1) is 0 Å². The van der Waals surface area contributed by atoms with Crippen molar-refractivity contribution < 1.29 is 47.3 Å². The molecule has 0 spiro atoms. The number of ether oxygens (including phenoxy) is 1. The topological polar surface area (TPSA) is 66.4 Å². The van der Waals surface area contributed by atoms with Crippen LogP contribution in [0.15, 0.2) is 18.2 Å². The molecule has 1 atom stereocenters. The Labute approximate surface area is 214 Å². The predicted octanol–water partition coefficient (Wildman–Crippen LogP) is 3.81. The Kier molecular flexibility index (Phi) is 18.3. The molecule has 1 aromatic rings. The molecule has 1 aromatic carbocycles. The molecular weight excluding hydrogens is 419 g/mol. The van der Waals surface area contributed by atoms with Crippen molar-refractivity contribution in [1.82, 2.24) is 0 Å². The number of hydrogen-bond donors (Lipinski definition) is 0. The van der Waals surface area contributed by atoms with E-state index < -0.39 is 15.4 Å². The van der Waals surface area contributed by atoms with Gasteiger partial charge in [-0.05, 0) is 49.8 Å². The standard InChI is InChI=1S/C25H44O4S.Na/c1-4-6-8-10-12-14-16-23-18-19-25(29-21-22(3)30(26,27)28)24(20-23)17-15-13-11-9-7-5-2;/h18-20,22H,4-17,21H2,1-3H3,(H,26,27,28);/q;+1/p-1. The van der Waals surface area contributed by atoms with Gasteiger partial charge in [-0.15, -0.1) is 0 Å². The Balaban J connectivity index is 0.00000900. The molecule has 31 heavy (non-hydrogen) atoms. The second kappa shape index (κ2) is 18.4. The zero-order valence-electron chi connectivity index (χ0n) is 20.5. The van der Waals surface area contributed by atoms with Crippen LogP contribution in [0.2, 0.25) is 0 Å². The number of hydrogen-bond acceptors (Lipinski definition) is 4. The number of aryl methyl sites for hydroxylation is 2. The summed E-state index contributed by atoms with van der Waals surface area (Å²) >= 11 is 0. The van der Waals surface area contributed by atoms with Crippen molar-refractivity contribution in [2.24, 2.45) is 0 Å². The molecule has 0 saturated heterocycles. The molecule has 4 nitrogen and oxygen atoms in total. The summed E-state index contributed by atoms with van der Waals surface area (Å²) in [7, 11) is -4.32. The minimum absolute atomic E-state index is 0. The first-order valence-electron chi connectivity index (χ1n) is 12.1. The van der Waals surface area contributed by atoms with Crippen molar-refractivity contribution in [2.75, 3.05) is 6.61 Å². The van der Waals surface area contributed by atoms with Gasteiger partial charge in [0.2, 0.25) is 0 Å². The maximum Gasteiger partial charge on any atom is 1.00 e. The first kappa shape index (κ1) is 30.9. The van der Waals surface area contributed by atoms with Gasteiger partial charge in [-0.1, -0.05) is 90.2 Å². The number of rotatable bonds is 18. The second-order valence-electron chi connectivity index (χ2n) is 8.59. The van der Waals surface area contributed by atoms with E-state index in [1.165, 1.54) is 83.1 Å². The molecule has 0 aliphatic heterocycles. The summed E-state index contributed by atoms with van der Waals surface area (Å²) in [5.41, 5.74) is 2.47. The number of benzene rings is 1. The van der Waals surface area contributed by atoms with E-state index in [2.05, 4.69) is 26.0 Å². The Morgan fingerprint density at radius 3 is 1.90 bits per heavy atom. The fraction of sp³-hybridized carbons (Fsp3) is 0.760. The van der Waals surface area contributed by atoms with Crippen LogP contribution in [0.3, 0.4) is 0 Å². The van der Waals surface area contributed by atoms with Gasteiger partial charge in [0.25, 0.3) is 0 Å². The smallest absolute Gasteiger partial charge is 0.748 e. The van der Waals surface area contributed by atoms with E-state index in [0.717, 1.165) is 30.6 Å². The van der Waals surface area contributed by atoms with Crippen molar-refractivity contribution in [3.05, 3.63) is 29.3 Å². The minimum atomic E-state index is -4.32. The molecule has 0 amide bonds. The van der Waals surface area contributed by atoms with Crippen molar-refractivity contribution in [3.63, 3.8) is 0 Å². The van der Waals surface area contributed by atoms with Gasteiger partial charge in [0.15, 0.2) is 0 Å². The monoisotopic (exact) mass is 462 g/mol. The molecular formula is C25H43NaO4S. The van der Waals surface area contributed by atoms with Crippen LogP contribution in [-0.2, 0) is 23.0 Å². The quantitative estimate of drug-likeness (QED) is 0.189. The molecule has 1 unspecified atom stereocenters. The van der Waals surface area contributed by atoms with Gasteiger partial charge < -0.3 is 9.29 Å². The zero-order chi connectivity index (χ0) is 22.2. The van der Waals surface area contributed by atoms with Gasteiger partial charge >= 0.3 is 29.6 Å². The summed E-state index contributed by atoms with van der Waals surface area (Å²) in [5, 5.41) is -1.04. The largest absolute Gasteiger partial charge is 1.00 e. The maximum atomic E-state index is 11.2. The molecule has 1 rings (SSSR count). The average molecular weight is 463 g/mol. The van der Waals surface area contributed by atoms with E-state index in [4.69, 9.17) is 4.74 Å². The van der Waals surface area contributed by atoms with E-state index in [1.54, 1.807) is 0 Å². The number of unbranched alkanes of at least 4 members (excludes halogenated alkanes) is 10. The molecule has 0 aliphatic carbocycles. The van der Waals surface area contributed by atoms with E-state index in [0.29, 0.717) is 0 Å². The van der Waals surface area contributed by atoms with E-state index in [1.807, 2.05) is 6.07 Å². The van der Waals surface area contributed by atoms with Gasteiger partial charge in [-0.2, -0.15) is 0 Å². The summed E-state index contributed by atoms with van der Waals surface area (Å²) in [6, 6.07) is 6.27. The third kappa shape index (κ3) is 14.6. The second-order valence-corrected chi connectivity index (χ2v) is 10.4. The Morgan fingerprint density at radius 1 is 0.839 bits per heavy atom. The van der Waals surface area contributed by atoms with E-state index in [9.17, 15) is 13.0 Å². The Morgan fingerprint density at radius 2 is 1.35 bits per heavy atom. The summed E-state index contributed by atoms with van der Waals surface area (Å²) < 4.78 is 39.3. The first-order valence-corrected chi connectivity index (χ1v) is 13.5. The first-order chi connectivity index (χ1) is 14.4. The maximum absolute atomic E-state index is 11.2. The summed E-state index contributed by atoms with van der Waals surface area (Å²) in [6.45, 7) is 5.78. The molecule has 0 heterocycles. The molecule has 0 bridgehead atoms. The predicted molar refractivity (Wildman–Crippen MR) is 125 cm³/mol. The van der Waals surface area contributed by atoms with Gasteiger partial charge in [0.05, 0.1) is 5.25 Å². The molecule has 0 fully saturated rings. The molecule has 0 aliphatic rings. The van der Waals surface area contributed by atoms with E-state index >= 15 is 0 Å². The van der Waals surface area contributed by atoms with Gasteiger partial charge in [0, 0.05) is 0 Å². The molecule has 6 heteroatoms. The van der Waals surface area contributed by atoms with Crippen LogP contribution in [-0.4, -0.2) is 24.8 Å². The van der Waals surface area contributed by atoms with E-state index in [-0.39, 0.29) is 36.2 Å². The van der Waals surface area contributed by atoms with Crippen molar-refractivity contribution >= 4 is 10.1 Å².